The van der Waals surface area contributed by atoms with Crippen molar-refractivity contribution in [1.82, 2.24) is 4.31 Å². The first-order chi connectivity index (χ1) is 9.85. The molecule has 0 aromatic heterocycles. The fourth-order valence-electron chi connectivity index (χ4n) is 1.47. The highest BCUT2D eigenvalue weighted by Crippen LogP contribution is 2.13. The van der Waals surface area contributed by atoms with E-state index < -0.39 is 16.0 Å². The molecule has 0 unspecified atom stereocenters. The molecule has 0 amide bonds. The van der Waals surface area contributed by atoms with Crippen molar-refractivity contribution in [2.75, 3.05) is 38.8 Å². The molecular formula is C13H20N2O5S. The summed E-state index contributed by atoms with van der Waals surface area (Å²) in [5.74, 6) is -0.0681. The smallest absolute Gasteiger partial charge is 0.306 e. The van der Waals surface area contributed by atoms with Gasteiger partial charge < -0.3 is 15.2 Å². The van der Waals surface area contributed by atoms with Crippen LogP contribution in [0, 0.1) is 0 Å². The van der Waals surface area contributed by atoms with Crippen LogP contribution in [-0.2, 0) is 19.6 Å². The Bertz CT molecular complexity index is 556. The largest absolute Gasteiger partial charge is 0.492 e. The molecule has 0 radical (unpaired) electrons. The summed E-state index contributed by atoms with van der Waals surface area (Å²) in [6.45, 7) is 0.103. The van der Waals surface area contributed by atoms with Crippen molar-refractivity contribution in [1.29, 1.82) is 0 Å². The van der Waals surface area contributed by atoms with Crippen LogP contribution in [0.1, 0.15) is 6.42 Å². The molecule has 0 spiro atoms. The lowest BCUT2D eigenvalue weighted by Gasteiger charge is -2.16. The fourth-order valence-corrected chi connectivity index (χ4v) is 2.45. The third-order valence-corrected chi connectivity index (χ3v) is 4.64. The second-order valence-electron chi connectivity index (χ2n) is 4.38. The Balaban J connectivity index is 2.41. The SMILES string of the molecule is COC(=O)CCN(C)S(=O)(=O)CCOc1ccc(N)cc1. The van der Waals surface area contributed by atoms with Gasteiger partial charge in [0.05, 0.1) is 19.3 Å². The van der Waals surface area contributed by atoms with Crippen LogP contribution in [0.4, 0.5) is 5.69 Å². The number of hydrogen-bond donors (Lipinski definition) is 1. The van der Waals surface area contributed by atoms with Crippen LogP contribution in [0.25, 0.3) is 0 Å². The predicted molar refractivity (Wildman–Crippen MR) is 79.4 cm³/mol. The molecule has 0 heterocycles. The van der Waals surface area contributed by atoms with E-state index in [2.05, 4.69) is 4.74 Å². The number of sulfonamides is 1. The lowest BCUT2D eigenvalue weighted by Crippen LogP contribution is -2.33. The third kappa shape index (κ3) is 6.01. The molecule has 118 valence electrons. The van der Waals surface area contributed by atoms with Crippen molar-refractivity contribution in [2.24, 2.45) is 0 Å². The van der Waals surface area contributed by atoms with Crippen LogP contribution in [-0.4, -0.2) is 51.8 Å². The third-order valence-electron chi connectivity index (χ3n) is 2.82. The Morgan fingerprint density at radius 1 is 1.29 bits per heavy atom. The molecule has 7 nitrogen and oxygen atoms in total. The van der Waals surface area contributed by atoms with Crippen LogP contribution < -0.4 is 10.5 Å². The number of ether oxygens (including phenoxy) is 2. The Morgan fingerprint density at radius 2 is 1.90 bits per heavy atom. The molecule has 0 aliphatic rings. The van der Waals surface area contributed by atoms with Gasteiger partial charge in [0.2, 0.25) is 10.0 Å². The highest BCUT2D eigenvalue weighted by molar-refractivity contribution is 7.89. The predicted octanol–water partition coefficient (Wildman–Crippen LogP) is 0.472. The average molecular weight is 316 g/mol. The minimum atomic E-state index is -3.47. The summed E-state index contributed by atoms with van der Waals surface area (Å²) in [5, 5.41) is 0. The highest BCUT2D eigenvalue weighted by Gasteiger charge is 2.18. The summed E-state index contributed by atoms with van der Waals surface area (Å²) >= 11 is 0. The molecule has 21 heavy (non-hydrogen) atoms. The monoisotopic (exact) mass is 316 g/mol. The number of esters is 1. The van der Waals surface area contributed by atoms with Crippen molar-refractivity contribution in [2.45, 2.75) is 6.42 Å². The van der Waals surface area contributed by atoms with Gasteiger partial charge in [-0.15, -0.1) is 0 Å². The number of nitrogens with zero attached hydrogens (tertiary/aromatic N) is 1. The van der Waals surface area contributed by atoms with E-state index in [1.165, 1.54) is 14.2 Å². The summed E-state index contributed by atoms with van der Waals surface area (Å²) in [5.41, 5.74) is 6.15. The molecule has 0 fully saturated rings. The molecule has 8 heteroatoms. The Morgan fingerprint density at radius 3 is 2.48 bits per heavy atom. The second-order valence-corrected chi connectivity index (χ2v) is 6.58. The van der Waals surface area contributed by atoms with Gasteiger partial charge in [0.25, 0.3) is 0 Å². The topological polar surface area (TPSA) is 98.9 Å². The Labute approximate surface area is 124 Å². The van der Waals surface area contributed by atoms with E-state index in [4.69, 9.17) is 10.5 Å². The summed E-state index contributed by atoms with van der Waals surface area (Å²) < 4.78 is 34.8. The zero-order chi connectivity index (χ0) is 15.9. The lowest BCUT2D eigenvalue weighted by atomic mass is 10.3. The zero-order valence-electron chi connectivity index (χ0n) is 12.1. The Hall–Kier alpha value is -1.80. The molecule has 1 aromatic rings. The molecule has 0 aliphatic heterocycles. The van der Waals surface area contributed by atoms with Crippen LogP contribution in [0.15, 0.2) is 24.3 Å². The minimum Gasteiger partial charge on any atom is -0.492 e. The van der Waals surface area contributed by atoms with Gasteiger partial charge in [-0.05, 0) is 24.3 Å². The maximum atomic E-state index is 11.9. The van der Waals surface area contributed by atoms with Crippen LogP contribution >= 0.6 is 0 Å². The van der Waals surface area contributed by atoms with Gasteiger partial charge in [0.15, 0.2) is 0 Å². The number of anilines is 1. The number of nitrogens with two attached hydrogens (primary N) is 1. The summed E-state index contributed by atoms with van der Waals surface area (Å²) in [6.07, 6.45) is 0.0189. The summed E-state index contributed by atoms with van der Waals surface area (Å²) in [4.78, 5) is 11.0. The van der Waals surface area contributed by atoms with Crippen LogP contribution in [0.3, 0.4) is 0 Å². The van der Waals surface area contributed by atoms with E-state index in [1.54, 1.807) is 24.3 Å². The van der Waals surface area contributed by atoms with Crippen molar-refractivity contribution in [3.63, 3.8) is 0 Å². The van der Waals surface area contributed by atoms with Gasteiger partial charge in [-0.1, -0.05) is 0 Å². The van der Waals surface area contributed by atoms with Gasteiger partial charge in [-0.2, -0.15) is 0 Å². The van der Waals surface area contributed by atoms with Gasteiger partial charge in [0, 0.05) is 19.3 Å². The number of carbonyl (C=O) groups is 1. The average Bonchev–Trinajstić information content (AvgIpc) is 2.46. The first-order valence-electron chi connectivity index (χ1n) is 6.34. The normalized spacial score (nSPS) is 11.4. The molecule has 0 bridgehead atoms. The maximum absolute atomic E-state index is 11.9. The van der Waals surface area contributed by atoms with E-state index >= 15 is 0 Å². The van der Waals surface area contributed by atoms with E-state index in [0.29, 0.717) is 11.4 Å². The van der Waals surface area contributed by atoms with Gasteiger partial charge >= 0.3 is 5.97 Å². The molecular weight excluding hydrogens is 296 g/mol. The van der Waals surface area contributed by atoms with E-state index in [9.17, 15) is 13.2 Å². The molecule has 0 aliphatic carbocycles. The second kappa shape index (κ2) is 7.84. The van der Waals surface area contributed by atoms with Crippen molar-refractivity contribution in [3.05, 3.63) is 24.3 Å². The number of benzene rings is 1. The number of hydrogen-bond acceptors (Lipinski definition) is 6. The molecule has 2 N–H and O–H groups in total. The first kappa shape index (κ1) is 17.3. The molecule has 0 saturated heterocycles. The Kier molecular flexibility index (Phi) is 6.44. The lowest BCUT2D eigenvalue weighted by molar-refractivity contribution is -0.140. The number of rotatable bonds is 8. The summed E-state index contributed by atoms with van der Waals surface area (Å²) in [6, 6.07) is 6.68. The van der Waals surface area contributed by atoms with E-state index in [0.717, 1.165) is 4.31 Å². The van der Waals surface area contributed by atoms with Crippen LogP contribution in [0.2, 0.25) is 0 Å². The van der Waals surface area contributed by atoms with Crippen molar-refractivity contribution in [3.8, 4) is 5.75 Å². The molecule has 0 saturated carbocycles. The van der Waals surface area contributed by atoms with E-state index in [-0.39, 0.29) is 25.3 Å². The summed E-state index contributed by atoms with van der Waals surface area (Å²) in [7, 11) is -0.787. The number of carbonyl (C=O) groups excluding carboxylic acids is 1. The van der Waals surface area contributed by atoms with E-state index in [1.807, 2.05) is 0 Å². The maximum Gasteiger partial charge on any atom is 0.306 e. The molecule has 1 aromatic carbocycles. The van der Waals surface area contributed by atoms with Crippen LogP contribution in [0.5, 0.6) is 5.75 Å². The molecule has 0 atom stereocenters. The van der Waals surface area contributed by atoms with Gasteiger partial charge in [-0.25, -0.2) is 12.7 Å². The van der Waals surface area contributed by atoms with Crippen molar-refractivity contribution >= 4 is 21.7 Å². The van der Waals surface area contributed by atoms with Gasteiger partial charge in [0.1, 0.15) is 12.4 Å². The standard InChI is InChI=1S/C13H20N2O5S/c1-15(8-7-13(16)19-2)21(17,18)10-9-20-12-5-3-11(14)4-6-12/h3-6H,7-10,14H2,1-2H3. The zero-order valence-corrected chi connectivity index (χ0v) is 12.9. The van der Waals surface area contributed by atoms with Gasteiger partial charge in [-0.3, -0.25) is 4.79 Å². The highest BCUT2D eigenvalue weighted by atomic mass is 32.2. The first-order valence-corrected chi connectivity index (χ1v) is 7.95. The fraction of sp³-hybridized carbons (Fsp3) is 0.462. The minimum absolute atomic E-state index is 0.0189. The molecule has 1 rings (SSSR count). The quantitative estimate of drug-likeness (QED) is 0.553. The number of nitrogen functional groups attached to an aromatic ring is 1. The van der Waals surface area contributed by atoms with Crippen molar-refractivity contribution < 1.29 is 22.7 Å². The number of methoxy groups -OCH3 is 1.